The number of aromatic amines is 1. The molecule has 0 radical (unpaired) electrons. The Hall–Kier alpha value is -1.18. The van der Waals surface area contributed by atoms with E-state index in [0.717, 1.165) is 0 Å². The molecule has 0 saturated heterocycles. The molecule has 0 unspecified atom stereocenters. The minimum atomic E-state index is -2.69. The number of methoxy groups -OCH3 is 1. The van der Waals surface area contributed by atoms with E-state index in [2.05, 4.69) is 4.98 Å². The molecular weight excluding hydrogens is 343 g/mol. The summed E-state index contributed by atoms with van der Waals surface area (Å²) in [5, 5.41) is 0.346. The highest BCUT2D eigenvalue weighted by Crippen LogP contribution is 2.24. The third kappa shape index (κ3) is 2.13. The topological polar surface area (TPSA) is 42.1 Å². The van der Waals surface area contributed by atoms with Crippen molar-refractivity contribution in [3.63, 3.8) is 0 Å². The van der Waals surface area contributed by atoms with Gasteiger partial charge in [-0.05, 0) is 40.8 Å². The number of aromatic nitrogens is 1. The maximum Gasteiger partial charge on any atom is 0.279 e. The van der Waals surface area contributed by atoms with Gasteiger partial charge in [-0.15, -0.1) is 0 Å². The number of ether oxygens (including phenoxy) is 1. The van der Waals surface area contributed by atoms with Crippen LogP contribution in [0.3, 0.4) is 0 Å². The van der Waals surface area contributed by atoms with E-state index in [9.17, 15) is 13.6 Å². The lowest BCUT2D eigenvalue weighted by Gasteiger charge is -2.07. The van der Waals surface area contributed by atoms with E-state index in [1.807, 2.05) is 0 Å². The van der Waals surface area contributed by atoms with Gasteiger partial charge in [0.15, 0.2) is 0 Å². The van der Waals surface area contributed by atoms with Crippen LogP contribution in [-0.4, -0.2) is 12.1 Å². The van der Waals surface area contributed by atoms with Gasteiger partial charge in [0.05, 0.1) is 21.8 Å². The van der Waals surface area contributed by atoms with Crippen molar-refractivity contribution in [3.8, 4) is 5.75 Å². The predicted molar refractivity (Wildman–Crippen MR) is 68.8 cm³/mol. The summed E-state index contributed by atoms with van der Waals surface area (Å²) in [7, 11) is 1.48. The number of fused-ring (bicyclic) bond motifs is 1. The summed E-state index contributed by atoms with van der Waals surface area (Å²) in [6.07, 6.45) is -2.69. The number of benzene rings is 1. The van der Waals surface area contributed by atoms with E-state index in [1.165, 1.54) is 13.2 Å². The molecule has 1 aromatic heterocycles. The van der Waals surface area contributed by atoms with E-state index in [0.29, 0.717) is 16.7 Å². The lowest BCUT2D eigenvalue weighted by atomic mass is 10.2. The average Bonchev–Trinajstić information content (AvgIpc) is 2.33. The Balaban J connectivity index is 2.81. The van der Waals surface area contributed by atoms with Crippen LogP contribution >= 0.6 is 22.6 Å². The summed E-state index contributed by atoms with van der Waals surface area (Å²) in [6.45, 7) is 0. The molecule has 17 heavy (non-hydrogen) atoms. The zero-order valence-electron chi connectivity index (χ0n) is 8.76. The van der Waals surface area contributed by atoms with Gasteiger partial charge >= 0.3 is 0 Å². The van der Waals surface area contributed by atoms with Crippen LogP contribution in [0.1, 0.15) is 12.1 Å². The molecule has 0 aliphatic rings. The van der Waals surface area contributed by atoms with Crippen LogP contribution in [0, 0.1) is 3.57 Å². The summed E-state index contributed by atoms with van der Waals surface area (Å²) in [5.41, 5.74) is -0.367. The SMILES string of the molecule is COc1ccc2[nH]c(C(F)F)c(I)c(=O)c2c1. The summed E-state index contributed by atoms with van der Waals surface area (Å²) < 4.78 is 30.4. The molecule has 0 bridgehead atoms. The third-order valence-corrected chi connectivity index (χ3v) is 3.47. The van der Waals surface area contributed by atoms with Crippen molar-refractivity contribution < 1.29 is 13.5 Å². The summed E-state index contributed by atoms with van der Waals surface area (Å²) in [4.78, 5) is 14.5. The first-order valence-electron chi connectivity index (χ1n) is 4.72. The van der Waals surface area contributed by atoms with Crippen LogP contribution in [-0.2, 0) is 0 Å². The Morgan fingerprint density at radius 2 is 2.12 bits per heavy atom. The van der Waals surface area contributed by atoms with Crippen LogP contribution in [0.25, 0.3) is 10.9 Å². The lowest BCUT2D eigenvalue weighted by Crippen LogP contribution is -2.12. The van der Waals surface area contributed by atoms with Gasteiger partial charge in [-0.1, -0.05) is 0 Å². The lowest BCUT2D eigenvalue weighted by molar-refractivity contribution is 0.145. The molecule has 2 rings (SSSR count). The molecule has 1 aromatic carbocycles. The van der Waals surface area contributed by atoms with Gasteiger partial charge in [0, 0.05) is 5.52 Å². The molecule has 0 amide bonds. The highest BCUT2D eigenvalue weighted by molar-refractivity contribution is 14.1. The van der Waals surface area contributed by atoms with Gasteiger partial charge in [-0.25, -0.2) is 8.78 Å². The Kier molecular flexibility index (Phi) is 3.32. The summed E-state index contributed by atoms with van der Waals surface area (Å²) in [6, 6.07) is 4.70. The van der Waals surface area contributed by atoms with Gasteiger partial charge in [-0.3, -0.25) is 4.79 Å². The van der Waals surface area contributed by atoms with E-state index in [-0.39, 0.29) is 9.26 Å². The zero-order chi connectivity index (χ0) is 12.6. The molecule has 0 saturated carbocycles. The van der Waals surface area contributed by atoms with E-state index in [4.69, 9.17) is 4.74 Å². The first kappa shape index (κ1) is 12.3. The maximum absolute atomic E-state index is 12.7. The normalized spacial score (nSPS) is 11.1. The molecule has 0 spiro atoms. The maximum atomic E-state index is 12.7. The third-order valence-electron chi connectivity index (χ3n) is 2.39. The molecule has 90 valence electrons. The number of halogens is 3. The standard InChI is InChI=1S/C11H8F2INO2/c1-17-5-2-3-7-6(4-5)10(16)8(14)9(15-7)11(12)13/h2-4,11H,1H3,(H,15,16). The highest BCUT2D eigenvalue weighted by Gasteiger charge is 2.17. The fraction of sp³-hybridized carbons (Fsp3) is 0.182. The van der Waals surface area contributed by atoms with Crippen molar-refractivity contribution in [1.82, 2.24) is 4.98 Å². The largest absolute Gasteiger partial charge is 0.497 e. The first-order chi connectivity index (χ1) is 8.04. The molecule has 1 heterocycles. The molecule has 0 aliphatic heterocycles. The van der Waals surface area contributed by atoms with Crippen LogP contribution < -0.4 is 10.2 Å². The van der Waals surface area contributed by atoms with Crippen molar-refractivity contribution in [1.29, 1.82) is 0 Å². The fourth-order valence-corrected chi connectivity index (χ4v) is 2.20. The Morgan fingerprint density at radius 3 is 2.71 bits per heavy atom. The molecule has 6 heteroatoms. The van der Waals surface area contributed by atoms with Gasteiger partial charge in [0.2, 0.25) is 5.43 Å². The Bertz CT molecular complexity index is 625. The second-order valence-corrected chi connectivity index (χ2v) is 4.47. The van der Waals surface area contributed by atoms with Crippen molar-refractivity contribution in [2.45, 2.75) is 6.43 Å². The van der Waals surface area contributed by atoms with E-state index in [1.54, 1.807) is 34.7 Å². The first-order valence-corrected chi connectivity index (χ1v) is 5.80. The smallest absolute Gasteiger partial charge is 0.279 e. The average molecular weight is 351 g/mol. The van der Waals surface area contributed by atoms with Crippen molar-refractivity contribution in [3.05, 3.63) is 37.7 Å². The number of H-pyrrole nitrogens is 1. The van der Waals surface area contributed by atoms with Crippen molar-refractivity contribution >= 4 is 33.5 Å². The molecular formula is C11H8F2INO2. The minimum absolute atomic E-state index is 0.0124. The zero-order valence-corrected chi connectivity index (χ0v) is 10.9. The molecule has 0 fully saturated rings. The van der Waals surface area contributed by atoms with Crippen molar-refractivity contribution in [2.75, 3.05) is 7.11 Å². The molecule has 3 nitrogen and oxygen atoms in total. The van der Waals surface area contributed by atoms with Crippen LogP contribution in [0.2, 0.25) is 0 Å². The number of hydrogen-bond acceptors (Lipinski definition) is 2. The van der Waals surface area contributed by atoms with Gasteiger partial charge in [0.25, 0.3) is 6.43 Å². The number of rotatable bonds is 2. The minimum Gasteiger partial charge on any atom is -0.497 e. The number of pyridine rings is 1. The number of alkyl halides is 2. The van der Waals surface area contributed by atoms with Crippen LogP contribution in [0.5, 0.6) is 5.75 Å². The quantitative estimate of drug-likeness (QED) is 0.845. The second kappa shape index (κ2) is 4.59. The van der Waals surface area contributed by atoms with Crippen LogP contribution in [0.15, 0.2) is 23.0 Å². The molecule has 0 atom stereocenters. The van der Waals surface area contributed by atoms with E-state index >= 15 is 0 Å². The van der Waals surface area contributed by atoms with Crippen molar-refractivity contribution in [2.24, 2.45) is 0 Å². The predicted octanol–water partition coefficient (Wildman–Crippen LogP) is 3.08. The fourth-order valence-electron chi connectivity index (χ4n) is 1.54. The van der Waals surface area contributed by atoms with Gasteiger partial charge in [0.1, 0.15) is 5.75 Å². The Morgan fingerprint density at radius 1 is 1.41 bits per heavy atom. The second-order valence-electron chi connectivity index (χ2n) is 3.39. The monoisotopic (exact) mass is 351 g/mol. The highest BCUT2D eigenvalue weighted by atomic mass is 127. The molecule has 2 aromatic rings. The summed E-state index contributed by atoms with van der Waals surface area (Å²) in [5.74, 6) is 0.517. The van der Waals surface area contributed by atoms with Crippen LogP contribution in [0.4, 0.5) is 8.78 Å². The summed E-state index contributed by atoms with van der Waals surface area (Å²) >= 11 is 1.63. The number of nitrogens with one attached hydrogen (secondary N) is 1. The number of hydrogen-bond donors (Lipinski definition) is 1. The molecule has 0 aliphatic carbocycles. The Labute approximate surface area is 109 Å². The van der Waals surface area contributed by atoms with E-state index < -0.39 is 11.9 Å². The molecule has 1 N–H and O–H groups in total. The van der Waals surface area contributed by atoms with Gasteiger partial charge in [-0.2, -0.15) is 0 Å². The van der Waals surface area contributed by atoms with Gasteiger partial charge < -0.3 is 9.72 Å².